The van der Waals surface area contributed by atoms with E-state index in [2.05, 4.69) is 11.9 Å². The van der Waals surface area contributed by atoms with Crippen molar-refractivity contribution in [2.24, 2.45) is 0 Å². The topological polar surface area (TPSA) is 155 Å². The van der Waals surface area contributed by atoms with Crippen molar-refractivity contribution < 1.29 is 44.2 Å². The molecule has 2 aliphatic rings. The zero-order valence-corrected chi connectivity index (χ0v) is 20.5. The number of aliphatic hydroxyl groups is 3. The van der Waals surface area contributed by atoms with Gasteiger partial charge in [0.2, 0.25) is 6.29 Å². The van der Waals surface area contributed by atoms with Crippen LogP contribution in [0.4, 0.5) is 4.79 Å². The van der Waals surface area contributed by atoms with E-state index in [1.54, 1.807) is 6.08 Å². The van der Waals surface area contributed by atoms with Crippen LogP contribution in [0.3, 0.4) is 0 Å². The number of fused-ring (bicyclic) bond motifs is 1. The molecule has 10 heteroatoms. The lowest BCUT2D eigenvalue weighted by molar-refractivity contribution is -0.278. The fourth-order valence-electron chi connectivity index (χ4n) is 4.28. The third kappa shape index (κ3) is 5.79. The Labute approximate surface area is 209 Å². The number of amides is 1. The minimum Gasteiger partial charge on any atom is -0.488 e. The van der Waals surface area contributed by atoms with Gasteiger partial charge in [-0.2, -0.15) is 0 Å². The summed E-state index contributed by atoms with van der Waals surface area (Å²) in [4.78, 5) is 23.6. The number of carbonyl (C=O) groups is 2. The quantitative estimate of drug-likeness (QED) is 0.351. The van der Waals surface area contributed by atoms with E-state index in [1.165, 1.54) is 0 Å². The molecule has 2 heterocycles. The second kappa shape index (κ2) is 11.7. The number of allylic oxidation sites excluding steroid dienone is 5. The zero-order valence-electron chi connectivity index (χ0n) is 20.5. The fourth-order valence-corrected chi connectivity index (χ4v) is 4.28. The highest BCUT2D eigenvalue weighted by Crippen LogP contribution is 2.39. The molecule has 0 radical (unpaired) electrons. The summed E-state index contributed by atoms with van der Waals surface area (Å²) >= 11 is 0. The normalized spacial score (nSPS) is 28.8. The molecule has 10 nitrogen and oxygen atoms in total. The van der Waals surface area contributed by atoms with Crippen molar-refractivity contribution >= 4 is 17.6 Å². The zero-order chi connectivity index (χ0) is 26.6. The average Bonchev–Trinajstić information content (AvgIpc) is 2.87. The van der Waals surface area contributed by atoms with E-state index >= 15 is 0 Å². The molecule has 0 saturated carbocycles. The van der Waals surface area contributed by atoms with Crippen LogP contribution in [-0.4, -0.2) is 75.8 Å². The predicted octanol–water partition coefficient (Wildman–Crippen LogP) is 1.92. The van der Waals surface area contributed by atoms with Crippen LogP contribution in [0, 0.1) is 0 Å². The Kier molecular flexibility index (Phi) is 8.91. The molecule has 36 heavy (non-hydrogen) atoms. The summed E-state index contributed by atoms with van der Waals surface area (Å²) in [5, 5.41) is 41.3. The SMILES string of the molecule is C=C/C(C)=C(\C(C)=C/C)c1cccc2c1O[C@@H](CNC(=O)OC1OC(C(=O)O)C(O)C(O)C1O)CC2. The maximum Gasteiger partial charge on any atom is 0.409 e. The molecule has 1 aromatic carbocycles. The van der Waals surface area contributed by atoms with Gasteiger partial charge in [0.15, 0.2) is 6.10 Å². The van der Waals surface area contributed by atoms with Crippen LogP contribution in [0.15, 0.2) is 48.1 Å². The van der Waals surface area contributed by atoms with Crippen LogP contribution in [0.25, 0.3) is 5.57 Å². The van der Waals surface area contributed by atoms with Gasteiger partial charge < -0.3 is 40.0 Å². The van der Waals surface area contributed by atoms with Gasteiger partial charge in [0.25, 0.3) is 0 Å². The molecule has 3 rings (SSSR count). The van der Waals surface area contributed by atoms with Gasteiger partial charge in [0.05, 0.1) is 6.54 Å². The largest absolute Gasteiger partial charge is 0.488 e. The molecule has 0 aromatic heterocycles. The second-order valence-corrected chi connectivity index (χ2v) is 8.83. The van der Waals surface area contributed by atoms with Gasteiger partial charge in [-0.1, -0.05) is 36.9 Å². The third-order valence-electron chi connectivity index (χ3n) is 6.42. The van der Waals surface area contributed by atoms with Crippen molar-refractivity contribution in [2.45, 2.75) is 70.4 Å². The molecule has 1 saturated heterocycles. The number of benzene rings is 1. The highest BCUT2D eigenvalue weighted by Gasteiger charge is 2.48. The molecule has 0 bridgehead atoms. The number of aryl methyl sites for hydroxylation is 1. The summed E-state index contributed by atoms with van der Waals surface area (Å²) < 4.78 is 16.2. The number of carboxylic acid groups (broad SMARTS) is 1. The van der Waals surface area contributed by atoms with Gasteiger partial charge in [0, 0.05) is 5.56 Å². The standard InChI is InChI=1S/C26H33NO9/c1-5-13(3)18(14(4)6-2)17-9-7-8-15-10-11-16(34-22(15)17)12-27-26(33)36-25-21(30)19(28)20(29)23(35-25)24(31)32/h5-9,16,19-21,23,25,28-30H,1,10-12H2,2-4H3,(H,27,33)(H,31,32)/b14-6-,18-13+/t16-,19?,20?,21?,23?,25?/m1/s1. The van der Waals surface area contributed by atoms with Crippen molar-refractivity contribution in [3.63, 3.8) is 0 Å². The number of hydrogen-bond donors (Lipinski definition) is 5. The van der Waals surface area contributed by atoms with Gasteiger partial charge in [-0.3, -0.25) is 0 Å². The molecule has 2 aliphatic heterocycles. The van der Waals surface area contributed by atoms with Gasteiger partial charge in [-0.25, -0.2) is 9.59 Å². The molecule has 5 unspecified atom stereocenters. The van der Waals surface area contributed by atoms with E-state index in [1.807, 2.05) is 45.0 Å². The minimum atomic E-state index is -1.87. The van der Waals surface area contributed by atoms with Crippen LogP contribution < -0.4 is 10.1 Å². The molecule has 1 fully saturated rings. The molecular weight excluding hydrogens is 470 g/mol. The predicted molar refractivity (Wildman–Crippen MR) is 130 cm³/mol. The van der Waals surface area contributed by atoms with E-state index in [4.69, 9.17) is 19.3 Å². The first-order chi connectivity index (χ1) is 17.1. The fraction of sp³-hybridized carbons (Fsp3) is 0.462. The smallest absolute Gasteiger partial charge is 0.409 e. The number of carbonyl (C=O) groups excluding carboxylic acids is 1. The van der Waals surface area contributed by atoms with Crippen molar-refractivity contribution in [3.05, 3.63) is 59.2 Å². The van der Waals surface area contributed by atoms with E-state index in [0.29, 0.717) is 6.42 Å². The number of ether oxygens (including phenoxy) is 3. The molecule has 6 atom stereocenters. The van der Waals surface area contributed by atoms with Gasteiger partial charge in [-0.15, -0.1) is 0 Å². The number of nitrogens with one attached hydrogen (secondary N) is 1. The van der Waals surface area contributed by atoms with Gasteiger partial charge in [-0.05, 0) is 55.9 Å². The Morgan fingerprint density at radius 3 is 2.56 bits per heavy atom. The summed E-state index contributed by atoms with van der Waals surface area (Å²) in [5.41, 5.74) is 5.08. The molecule has 196 valence electrons. The number of hydrogen-bond acceptors (Lipinski definition) is 8. The number of rotatable bonds is 7. The molecular formula is C26H33NO9. The van der Waals surface area contributed by atoms with Crippen LogP contribution in [-0.2, 0) is 20.7 Å². The number of carboxylic acids is 1. The van der Waals surface area contributed by atoms with Crippen molar-refractivity contribution in [1.29, 1.82) is 0 Å². The lowest BCUT2D eigenvalue weighted by Gasteiger charge is -2.38. The second-order valence-electron chi connectivity index (χ2n) is 8.83. The Bertz CT molecular complexity index is 1060. The summed E-state index contributed by atoms with van der Waals surface area (Å²) in [7, 11) is 0. The molecule has 1 aromatic rings. The average molecular weight is 504 g/mol. The number of alkyl carbamates (subject to hydrolysis) is 1. The number of aliphatic hydroxyl groups excluding tert-OH is 3. The van der Waals surface area contributed by atoms with Crippen LogP contribution in [0.2, 0.25) is 0 Å². The number of aliphatic carboxylic acids is 1. The van der Waals surface area contributed by atoms with E-state index in [0.717, 1.165) is 40.0 Å². The first-order valence-electron chi connectivity index (χ1n) is 11.7. The Hall–Kier alpha value is -3.18. The molecule has 0 aliphatic carbocycles. The van der Waals surface area contributed by atoms with Crippen molar-refractivity contribution in [1.82, 2.24) is 5.32 Å². The van der Waals surface area contributed by atoms with E-state index in [9.17, 15) is 24.9 Å². The van der Waals surface area contributed by atoms with E-state index in [-0.39, 0.29) is 12.6 Å². The van der Waals surface area contributed by atoms with Crippen LogP contribution >= 0.6 is 0 Å². The number of para-hydroxylation sites is 1. The maximum absolute atomic E-state index is 12.3. The summed E-state index contributed by atoms with van der Waals surface area (Å²) in [6.07, 6.45) is -5.39. The Morgan fingerprint density at radius 1 is 1.19 bits per heavy atom. The van der Waals surface area contributed by atoms with Crippen LogP contribution in [0.1, 0.15) is 38.3 Å². The summed E-state index contributed by atoms with van der Waals surface area (Å²) in [6, 6.07) is 5.97. The van der Waals surface area contributed by atoms with Gasteiger partial charge >= 0.3 is 12.1 Å². The Morgan fingerprint density at radius 2 is 1.92 bits per heavy atom. The maximum atomic E-state index is 12.3. The van der Waals surface area contributed by atoms with Crippen molar-refractivity contribution in [2.75, 3.05) is 6.54 Å². The van der Waals surface area contributed by atoms with E-state index < -0.39 is 42.8 Å². The summed E-state index contributed by atoms with van der Waals surface area (Å²) in [6.45, 7) is 9.94. The third-order valence-corrected chi connectivity index (χ3v) is 6.42. The monoisotopic (exact) mass is 503 g/mol. The molecule has 0 spiro atoms. The molecule has 5 N–H and O–H groups in total. The first kappa shape index (κ1) is 27.4. The highest BCUT2D eigenvalue weighted by molar-refractivity contribution is 5.85. The lowest BCUT2D eigenvalue weighted by Crippen LogP contribution is -2.61. The van der Waals surface area contributed by atoms with Crippen molar-refractivity contribution in [3.8, 4) is 5.75 Å². The van der Waals surface area contributed by atoms with Gasteiger partial charge in [0.1, 0.15) is 30.2 Å². The summed E-state index contributed by atoms with van der Waals surface area (Å²) in [5.74, 6) is -0.838. The minimum absolute atomic E-state index is 0.0745. The lowest BCUT2D eigenvalue weighted by atomic mass is 9.89. The van der Waals surface area contributed by atoms with Crippen LogP contribution in [0.5, 0.6) is 5.75 Å². The first-order valence-corrected chi connectivity index (χ1v) is 11.7. The Balaban J connectivity index is 1.68. The highest BCUT2D eigenvalue weighted by atomic mass is 16.7. The molecule has 1 amide bonds.